The standard InChI is InChI=1S/C29H27N2O.C15H16N.Ir/c1-18-17-30-26(15-25(18)21-12-10-20(11-13-21)16-29(3,4)5)24-8-6-7-22-23-14-9-19(2)31-28(23)32-27(22)24;1-15(2,3)13-9-10-16-14(11-13)12-7-5-4-6-8-12;/h6-7,9-15,17H,16H2,1-5H3;4-7,9-11H,1-3H3;/q2*-1;/i1D3,2D3,16D2;;. The maximum absolute atomic E-state index is 8.57. The van der Waals surface area contributed by atoms with E-state index in [-0.39, 0.29) is 42.5 Å². The van der Waals surface area contributed by atoms with E-state index in [1.807, 2.05) is 51.2 Å². The predicted octanol–water partition coefficient (Wildman–Crippen LogP) is 11.6. The number of aryl methyl sites for hydroxylation is 2. The van der Waals surface area contributed by atoms with Crippen LogP contribution in [-0.4, -0.2) is 15.0 Å². The van der Waals surface area contributed by atoms with E-state index in [1.54, 1.807) is 48.5 Å². The van der Waals surface area contributed by atoms with Crippen molar-refractivity contribution in [2.45, 2.75) is 67.0 Å². The Balaban J connectivity index is 0.000000305. The van der Waals surface area contributed by atoms with Gasteiger partial charge in [-0.25, -0.2) is 4.98 Å². The third-order valence-electron chi connectivity index (χ3n) is 7.78. The van der Waals surface area contributed by atoms with Gasteiger partial charge in [-0.15, -0.1) is 54.1 Å². The van der Waals surface area contributed by atoms with E-state index in [1.165, 1.54) is 17.8 Å². The number of benzene rings is 3. The van der Waals surface area contributed by atoms with Crippen LogP contribution in [0, 0.1) is 31.3 Å². The molecule has 0 aliphatic rings. The fraction of sp³-hybridized carbons (Fsp3) is 0.250. The summed E-state index contributed by atoms with van der Waals surface area (Å²) in [7, 11) is 0. The molecule has 0 N–H and O–H groups in total. The average molecular weight is 830 g/mol. The van der Waals surface area contributed by atoms with Crippen LogP contribution in [0.4, 0.5) is 0 Å². The number of fused-ring (bicyclic) bond motifs is 3. The molecule has 3 aromatic carbocycles. The number of aromatic nitrogens is 3. The van der Waals surface area contributed by atoms with Crippen LogP contribution < -0.4 is 0 Å². The molecule has 1 radical (unpaired) electrons. The van der Waals surface area contributed by atoms with Crippen LogP contribution in [0.3, 0.4) is 0 Å². The molecule has 0 fully saturated rings. The Labute approximate surface area is 315 Å². The first-order valence-electron chi connectivity index (χ1n) is 19.9. The van der Waals surface area contributed by atoms with Gasteiger partial charge in [0.05, 0.1) is 5.58 Å². The van der Waals surface area contributed by atoms with E-state index < -0.39 is 25.5 Å². The summed E-state index contributed by atoms with van der Waals surface area (Å²) in [6.07, 6.45) is 1.60. The maximum Gasteiger partial charge on any atom is 0.216 e. The van der Waals surface area contributed by atoms with E-state index in [2.05, 4.69) is 60.0 Å². The molecular formula is C44H43IrN3O-2. The molecule has 4 heterocycles. The van der Waals surface area contributed by atoms with Gasteiger partial charge in [-0.2, -0.15) is 0 Å². The van der Waals surface area contributed by atoms with Gasteiger partial charge in [0.15, 0.2) is 0 Å². The SMILES string of the molecule is CC(C)(C)c1ccnc(-c2[c-]cccc2)c1.[2H]C([2H])([2H])c1ccc2c(n1)oc1c(-c3cc(-c4ccc(C([2H])([2H])C(C)(C)C)cc4)c(C([2H])([2H])[2H])cn3)[c-]ccc12.[Ir]. The van der Waals surface area contributed by atoms with Crippen LogP contribution in [0.2, 0.25) is 0 Å². The Bertz CT molecular complexity index is 2500. The van der Waals surface area contributed by atoms with Crippen LogP contribution in [0.25, 0.3) is 55.7 Å². The summed E-state index contributed by atoms with van der Waals surface area (Å²) in [5, 5.41) is 1.34. The molecule has 7 rings (SSSR count). The second-order valence-electron chi connectivity index (χ2n) is 13.8. The Morgan fingerprint density at radius 3 is 2.31 bits per heavy atom. The summed E-state index contributed by atoms with van der Waals surface area (Å²) in [6.45, 7) is 7.30. The van der Waals surface area contributed by atoms with Crippen LogP contribution >= 0.6 is 0 Å². The van der Waals surface area contributed by atoms with E-state index in [9.17, 15) is 0 Å². The zero-order valence-electron chi connectivity index (χ0n) is 36.4. The van der Waals surface area contributed by atoms with Crippen LogP contribution in [-0.2, 0) is 31.9 Å². The first-order chi connectivity index (χ1) is 26.1. The molecule has 5 heteroatoms. The van der Waals surface area contributed by atoms with Gasteiger partial charge < -0.3 is 14.4 Å². The summed E-state index contributed by atoms with van der Waals surface area (Å²) in [4.78, 5) is 13.0. The molecule has 0 aliphatic heterocycles. The van der Waals surface area contributed by atoms with E-state index in [4.69, 9.17) is 15.4 Å². The van der Waals surface area contributed by atoms with Gasteiger partial charge in [-0.1, -0.05) is 88.9 Å². The smallest absolute Gasteiger partial charge is 0.216 e. The topological polar surface area (TPSA) is 51.8 Å². The van der Waals surface area contributed by atoms with Gasteiger partial charge in [0.25, 0.3) is 0 Å². The maximum atomic E-state index is 8.57. The molecule has 49 heavy (non-hydrogen) atoms. The molecule has 251 valence electrons. The minimum atomic E-state index is -2.44. The van der Waals surface area contributed by atoms with Gasteiger partial charge in [-0.3, -0.25) is 0 Å². The number of rotatable bonds is 4. The molecule has 0 amide bonds. The fourth-order valence-corrected chi connectivity index (χ4v) is 5.41. The molecule has 0 bridgehead atoms. The molecular weight excluding hydrogens is 779 g/mol. The van der Waals surface area contributed by atoms with Crippen molar-refractivity contribution in [1.29, 1.82) is 0 Å². The Kier molecular flexibility index (Phi) is 7.86. The van der Waals surface area contributed by atoms with Gasteiger partial charge in [0.2, 0.25) is 5.71 Å². The number of nitrogens with zero attached hydrogens (tertiary/aromatic N) is 3. The minimum Gasteiger partial charge on any atom is -0.486 e. The molecule has 0 aliphatic carbocycles. The van der Waals surface area contributed by atoms with Gasteiger partial charge in [-0.05, 0) is 88.3 Å². The van der Waals surface area contributed by atoms with Crippen molar-refractivity contribution in [3.63, 3.8) is 0 Å². The molecule has 0 saturated heterocycles. The van der Waals surface area contributed by atoms with Crippen LogP contribution in [0.5, 0.6) is 0 Å². The largest absolute Gasteiger partial charge is 0.486 e. The second kappa shape index (κ2) is 14.6. The monoisotopic (exact) mass is 830 g/mol. The molecule has 4 aromatic heterocycles. The summed E-state index contributed by atoms with van der Waals surface area (Å²) in [5.74, 6) is 0. The third-order valence-corrected chi connectivity index (χ3v) is 7.78. The van der Waals surface area contributed by atoms with Crippen molar-refractivity contribution >= 4 is 22.1 Å². The fourth-order valence-electron chi connectivity index (χ4n) is 5.41. The van der Waals surface area contributed by atoms with Crippen LogP contribution in [0.1, 0.15) is 74.9 Å². The zero-order chi connectivity index (χ0) is 40.8. The number of hydrogen-bond donors (Lipinski definition) is 0. The van der Waals surface area contributed by atoms with Crippen molar-refractivity contribution in [3.05, 3.63) is 138 Å². The van der Waals surface area contributed by atoms with Crippen molar-refractivity contribution in [2.75, 3.05) is 0 Å². The quantitative estimate of drug-likeness (QED) is 0.166. The predicted molar refractivity (Wildman–Crippen MR) is 199 cm³/mol. The van der Waals surface area contributed by atoms with Gasteiger partial charge in [0, 0.05) is 54.5 Å². The van der Waals surface area contributed by atoms with Gasteiger partial charge >= 0.3 is 0 Å². The normalized spacial score (nSPS) is 14.8. The first-order valence-corrected chi connectivity index (χ1v) is 15.9. The second-order valence-corrected chi connectivity index (χ2v) is 13.8. The van der Waals surface area contributed by atoms with Crippen molar-refractivity contribution in [1.82, 2.24) is 15.0 Å². The Hall–Kier alpha value is -4.44. The van der Waals surface area contributed by atoms with Crippen molar-refractivity contribution < 1.29 is 35.5 Å². The zero-order valence-corrected chi connectivity index (χ0v) is 30.8. The third kappa shape index (κ3) is 8.41. The summed E-state index contributed by atoms with van der Waals surface area (Å²) < 4.78 is 70.4. The first kappa shape index (κ1) is 26.4. The van der Waals surface area contributed by atoms with E-state index in [0.29, 0.717) is 44.3 Å². The molecule has 7 aromatic rings. The molecule has 0 atom stereocenters. The molecule has 0 saturated carbocycles. The Morgan fingerprint density at radius 1 is 0.796 bits per heavy atom. The van der Waals surface area contributed by atoms with E-state index in [0.717, 1.165) is 11.3 Å². The number of hydrogen-bond acceptors (Lipinski definition) is 4. The summed E-state index contributed by atoms with van der Waals surface area (Å²) in [5.41, 5.74) is 5.84. The molecule has 4 nitrogen and oxygen atoms in total. The molecule has 0 unspecified atom stereocenters. The number of furan rings is 1. The number of pyridine rings is 3. The van der Waals surface area contributed by atoms with E-state index >= 15 is 0 Å². The van der Waals surface area contributed by atoms with Crippen molar-refractivity contribution in [3.8, 4) is 33.6 Å². The minimum absolute atomic E-state index is 0. The van der Waals surface area contributed by atoms with Gasteiger partial charge in [0.1, 0.15) is 0 Å². The molecule has 0 spiro atoms. The Morgan fingerprint density at radius 2 is 1.61 bits per heavy atom. The summed E-state index contributed by atoms with van der Waals surface area (Å²) in [6, 6.07) is 33.6. The average Bonchev–Trinajstić information content (AvgIpc) is 3.52. The summed E-state index contributed by atoms with van der Waals surface area (Å²) >= 11 is 0. The van der Waals surface area contributed by atoms with Crippen LogP contribution in [0.15, 0.2) is 108 Å². The van der Waals surface area contributed by atoms with Crippen molar-refractivity contribution in [2.24, 2.45) is 5.41 Å².